The van der Waals surface area contributed by atoms with Crippen LogP contribution < -0.4 is 4.74 Å². The van der Waals surface area contributed by atoms with Gasteiger partial charge in [-0.1, -0.05) is 0 Å². The van der Waals surface area contributed by atoms with E-state index in [0.29, 0.717) is 5.56 Å². The van der Waals surface area contributed by atoms with Gasteiger partial charge >= 0.3 is 6.18 Å². The number of ether oxygens (including phenoxy) is 1. The number of carbonyl (C=O) groups excluding carboxylic acids is 1. The van der Waals surface area contributed by atoms with Gasteiger partial charge in [-0.15, -0.1) is 0 Å². The molecule has 0 atom stereocenters. The number of hydrogen-bond donors (Lipinski definition) is 1. The number of aromatic amines is 1. The van der Waals surface area contributed by atoms with Gasteiger partial charge in [-0.2, -0.15) is 13.2 Å². The molecule has 1 heterocycles. The van der Waals surface area contributed by atoms with Gasteiger partial charge in [-0.25, -0.2) is 0 Å². The molecule has 3 aromatic rings. The summed E-state index contributed by atoms with van der Waals surface area (Å²) in [6.07, 6.45) is -3.60. The second kappa shape index (κ2) is 5.30. The van der Waals surface area contributed by atoms with Crippen LogP contribution in [0.15, 0.2) is 24.3 Å². The molecule has 0 radical (unpaired) electrons. The topological polar surface area (TPSA) is 42.1 Å². The summed E-state index contributed by atoms with van der Waals surface area (Å²) in [4.78, 5) is 14.4. The Morgan fingerprint density at radius 3 is 2.61 bits per heavy atom. The molecule has 2 aromatic carbocycles. The lowest BCUT2D eigenvalue weighted by Crippen LogP contribution is -2.19. The molecule has 0 amide bonds. The van der Waals surface area contributed by atoms with Crippen LogP contribution in [0.25, 0.3) is 21.8 Å². The summed E-state index contributed by atoms with van der Waals surface area (Å²) in [5, 5.41) is 1.57. The number of benzene rings is 2. The molecule has 0 bridgehead atoms. The van der Waals surface area contributed by atoms with E-state index in [1.165, 1.54) is 6.07 Å². The van der Waals surface area contributed by atoms with E-state index in [-0.39, 0.29) is 5.75 Å². The molecular weight excluding hydrogens is 307 g/mol. The van der Waals surface area contributed by atoms with Gasteiger partial charge in [-0.05, 0) is 49.2 Å². The highest BCUT2D eigenvalue weighted by Gasteiger charge is 2.28. The Hall–Kier alpha value is -2.50. The fraction of sp³-hybridized carbons (Fsp3) is 0.235. The van der Waals surface area contributed by atoms with Gasteiger partial charge in [0.2, 0.25) is 0 Å². The van der Waals surface area contributed by atoms with E-state index >= 15 is 0 Å². The van der Waals surface area contributed by atoms with Crippen molar-refractivity contribution in [2.75, 3.05) is 6.61 Å². The summed E-state index contributed by atoms with van der Waals surface area (Å²) in [7, 11) is 0. The summed E-state index contributed by atoms with van der Waals surface area (Å²) in [6, 6.07) is 6.54. The molecule has 0 unspecified atom stereocenters. The number of hydrogen-bond acceptors (Lipinski definition) is 2. The quantitative estimate of drug-likeness (QED) is 0.711. The minimum atomic E-state index is -4.38. The van der Waals surface area contributed by atoms with E-state index in [2.05, 4.69) is 4.98 Å². The monoisotopic (exact) mass is 321 g/mol. The van der Waals surface area contributed by atoms with E-state index in [9.17, 15) is 18.0 Å². The molecule has 23 heavy (non-hydrogen) atoms. The predicted octanol–water partition coefficient (Wildman–Crippen LogP) is 4.69. The van der Waals surface area contributed by atoms with E-state index in [1.807, 2.05) is 13.8 Å². The minimum absolute atomic E-state index is 0.143. The molecule has 0 aliphatic carbocycles. The van der Waals surface area contributed by atoms with Crippen LogP contribution in [0.2, 0.25) is 0 Å². The highest BCUT2D eigenvalue weighted by Crippen LogP contribution is 2.34. The number of halogens is 3. The fourth-order valence-electron chi connectivity index (χ4n) is 2.79. The van der Waals surface area contributed by atoms with Gasteiger partial charge in [0.05, 0.1) is 0 Å². The second-order valence-electron chi connectivity index (χ2n) is 5.51. The Bertz CT molecular complexity index is 910. The maximum atomic E-state index is 12.3. The molecule has 0 saturated carbocycles. The molecule has 0 saturated heterocycles. The number of rotatable bonds is 3. The van der Waals surface area contributed by atoms with E-state index in [4.69, 9.17) is 4.74 Å². The molecule has 3 rings (SSSR count). The number of carbonyl (C=O) groups is 1. The predicted molar refractivity (Wildman–Crippen MR) is 82.2 cm³/mol. The molecule has 0 spiro atoms. The summed E-state index contributed by atoms with van der Waals surface area (Å²) in [6.45, 7) is 2.37. The molecule has 120 valence electrons. The van der Waals surface area contributed by atoms with Gasteiger partial charge in [0.15, 0.2) is 6.61 Å². The van der Waals surface area contributed by atoms with Gasteiger partial charge < -0.3 is 9.72 Å². The molecule has 0 aliphatic rings. The van der Waals surface area contributed by atoms with Crippen molar-refractivity contribution < 1.29 is 22.7 Å². The van der Waals surface area contributed by atoms with Crippen molar-refractivity contribution >= 4 is 28.1 Å². The summed E-state index contributed by atoms with van der Waals surface area (Å²) in [5.41, 5.74) is 3.92. The average Bonchev–Trinajstić information content (AvgIpc) is 2.87. The molecule has 0 aliphatic heterocycles. The van der Waals surface area contributed by atoms with Crippen molar-refractivity contribution in [3.05, 3.63) is 41.0 Å². The number of fused-ring (bicyclic) bond motifs is 3. The Kier molecular flexibility index (Phi) is 3.55. The van der Waals surface area contributed by atoms with E-state index in [0.717, 1.165) is 39.2 Å². The van der Waals surface area contributed by atoms with Crippen LogP contribution in [0.5, 0.6) is 5.75 Å². The van der Waals surface area contributed by atoms with Crippen LogP contribution in [0.4, 0.5) is 13.2 Å². The fourth-order valence-corrected chi connectivity index (χ4v) is 2.79. The molecular formula is C17H14F3NO2. The standard InChI is InChI=1S/C17H14F3NO2/c1-9-5-11(7-22)10(2)15-13-6-12(23-8-17(18,19)20)3-4-14(13)21-16(9)15/h3-7,21H,8H2,1-2H3. The van der Waals surface area contributed by atoms with Gasteiger partial charge in [-0.3, -0.25) is 4.79 Å². The Morgan fingerprint density at radius 1 is 1.22 bits per heavy atom. The summed E-state index contributed by atoms with van der Waals surface area (Å²) in [5.74, 6) is 0.143. The normalized spacial score (nSPS) is 12.0. The number of nitrogens with one attached hydrogen (secondary N) is 1. The van der Waals surface area contributed by atoms with Crippen molar-refractivity contribution in [2.24, 2.45) is 0 Å². The lowest BCUT2D eigenvalue weighted by Gasteiger charge is -2.09. The van der Waals surface area contributed by atoms with E-state index < -0.39 is 12.8 Å². The van der Waals surface area contributed by atoms with Crippen LogP contribution in [0.1, 0.15) is 21.5 Å². The van der Waals surface area contributed by atoms with Crippen molar-refractivity contribution in [3.63, 3.8) is 0 Å². The lowest BCUT2D eigenvalue weighted by molar-refractivity contribution is -0.153. The van der Waals surface area contributed by atoms with Gasteiger partial charge in [0, 0.05) is 27.4 Å². The van der Waals surface area contributed by atoms with Crippen molar-refractivity contribution in [1.82, 2.24) is 4.98 Å². The van der Waals surface area contributed by atoms with Crippen LogP contribution in [0, 0.1) is 13.8 Å². The first-order valence-corrected chi connectivity index (χ1v) is 7.00. The Morgan fingerprint density at radius 2 is 1.96 bits per heavy atom. The average molecular weight is 321 g/mol. The minimum Gasteiger partial charge on any atom is -0.484 e. The summed E-state index contributed by atoms with van der Waals surface area (Å²) < 4.78 is 41.7. The third-order valence-electron chi connectivity index (χ3n) is 3.87. The summed E-state index contributed by atoms with van der Waals surface area (Å²) >= 11 is 0. The zero-order valence-electron chi connectivity index (χ0n) is 12.5. The molecule has 1 N–H and O–H groups in total. The first-order valence-electron chi connectivity index (χ1n) is 7.00. The number of H-pyrrole nitrogens is 1. The van der Waals surface area contributed by atoms with Crippen LogP contribution >= 0.6 is 0 Å². The maximum absolute atomic E-state index is 12.3. The number of aldehydes is 1. The highest BCUT2D eigenvalue weighted by atomic mass is 19.4. The maximum Gasteiger partial charge on any atom is 0.422 e. The van der Waals surface area contributed by atoms with Gasteiger partial charge in [0.25, 0.3) is 0 Å². The van der Waals surface area contributed by atoms with Crippen LogP contribution in [0.3, 0.4) is 0 Å². The SMILES string of the molecule is Cc1cc(C=O)c(C)c2c1[nH]c1ccc(OCC(F)(F)F)cc12. The third kappa shape index (κ3) is 2.76. The van der Waals surface area contributed by atoms with Crippen molar-refractivity contribution in [1.29, 1.82) is 0 Å². The van der Waals surface area contributed by atoms with Crippen molar-refractivity contribution in [3.8, 4) is 5.75 Å². The number of alkyl halides is 3. The van der Waals surface area contributed by atoms with Crippen molar-refractivity contribution in [2.45, 2.75) is 20.0 Å². The second-order valence-corrected chi connectivity index (χ2v) is 5.51. The zero-order valence-corrected chi connectivity index (χ0v) is 12.5. The van der Waals surface area contributed by atoms with Crippen LogP contribution in [-0.2, 0) is 0 Å². The number of aryl methyl sites for hydroxylation is 2. The Labute approximate surface area is 130 Å². The molecule has 3 nitrogen and oxygen atoms in total. The highest BCUT2D eigenvalue weighted by molar-refractivity contribution is 6.12. The zero-order chi connectivity index (χ0) is 16.8. The Balaban J connectivity index is 2.19. The van der Waals surface area contributed by atoms with Crippen LogP contribution in [-0.4, -0.2) is 24.1 Å². The first kappa shape index (κ1) is 15.4. The molecule has 0 fully saturated rings. The lowest BCUT2D eigenvalue weighted by atomic mass is 9.99. The van der Waals surface area contributed by atoms with E-state index in [1.54, 1.807) is 18.2 Å². The van der Waals surface area contributed by atoms with Gasteiger partial charge in [0.1, 0.15) is 12.0 Å². The number of aromatic nitrogens is 1. The third-order valence-corrected chi connectivity index (χ3v) is 3.87. The first-order chi connectivity index (χ1) is 10.8. The molecule has 1 aromatic heterocycles. The largest absolute Gasteiger partial charge is 0.484 e. The molecule has 6 heteroatoms. The smallest absolute Gasteiger partial charge is 0.422 e.